The van der Waals surface area contributed by atoms with Crippen LogP contribution < -0.4 is 10.6 Å². The van der Waals surface area contributed by atoms with E-state index in [2.05, 4.69) is 34.7 Å². The summed E-state index contributed by atoms with van der Waals surface area (Å²) < 4.78 is -0.460. The van der Waals surface area contributed by atoms with Crippen molar-refractivity contribution < 1.29 is 9.59 Å². The molecular formula is C18H23N3O2S. The first-order valence-corrected chi connectivity index (χ1v) is 9.15. The number of carbonyl (C=O) groups is 2. The van der Waals surface area contributed by atoms with Gasteiger partial charge in [-0.05, 0) is 38.3 Å². The summed E-state index contributed by atoms with van der Waals surface area (Å²) in [6.45, 7) is 6.38. The molecule has 6 heteroatoms. The molecule has 3 N–H and O–H groups in total. The molecule has 5 nitrogen and oxygen atoms in total. The lowest BCUT2D eigenvalue weighted by Gasteiger charge is -2.32. The van der Waals surface area contributed by atoms with E-state index in [9.17, 15) is 9.59 Å². The molecule has 0 radical (unpaired) electrons. The minimum absolute atomic E-state index is 0.0778. The fourth-order valence-electron chi connectivity index (χ4n) is 2.89. The van der Waals surface area contributed by atoms with Crippen LogP contribution in [0.4, 0.5) is 0 Å². The number of hydrogen-bond donors (Lipinski definition) is 3. The third kappa shape index (κ3) is 3.29. The zero-order chi connectivity index (χ0) is 17.3. The van der Waals surface area contributed by atoms with Crippen LogP contribution in [0.15, 0.2) is 24.4 Å². The number of fused-ring (bicyclic) bond motifs is 1. The maximum absolute atomic E-state index is 12.3. The molecule has 1 fully saturated rings. The maximum Gasteiger partial charge on any atom is 0.243 e. The molecule has 0 spiro atoms. The summed E-state index contributed by atoms with van der Waals surface area (Å²) in [7, 11) is 0. The predicted molar refractivity (Wildman–Crippen MR) is 98.2 cm³/mol. The molecule has 2 heterocycles. The first-order chi connectivity index (χ1) is 11.4. The Morgan fingerprint density at radius 3 is 2.96 bits per heavy atom. The topological polar surface area (TPSA) is 74.0 Å². The minimum Gasteiger partial charge on any atom is -0.361 e. The first kappa shape index (κ1) is 16.9. The van der Waals surface area contributed by atoms with E-state index >= 15 is 0 Å². The van der Waals surface area contributed by atoms with E-state index in [1.807, 2.05) is 26.1 Å². The molecule has 0 saturated carbocycles. The van der Waals surface area contributed by atoms with Gasteiger partial charge in [-0.25, -0.2) is 0 Å². The Kier molecular flexibility index (Phi) is 4.58. The molecule has 0 bridgehead atoms. The number of thioether (sulfide) groups is 1. The minimum atomic E-state index is -0.460. The number of carbonyl (C=O) groups excluding carboxylic acids is 2. The third-order valence-corrected chi connectivity index (χ3v) is 5.89. The number of para-hydroxylation sites is 1. The quantitative estimate of drug-likeness (QED) is 0.795. The molecule has 2 aromatic rings. The lowest BCUT2D eigenvalue weighted by Crippen LogP contribution is -2.57. The van der Waals surface area contributed by atoms with Gasteiger partial charge in [0.1, 0.15) is 6.04 Å². The lowest BCUT2D eigenvalue weighted by atomic mass is 10.1. The number of aryl methyl sites for hydroxylation is 1. The highest BCUT2D eigenvalue weighted by molar-refractivity contribution is 8.01. The van der Waals surface area contributed by atoms with Crippen LogP contribution >= 0.6 is 11.8 Å². The number of H-pyrrole nitrogens is 1. The van der Waals surface area contributed by atoms with Gasteiger partial charge in [-0.2, -0.15) is 0 Å². The van der Waals surface area contributed by atoms with Gasteiger partial charge in [0.25, 0.3) is 0 Å². The molecule has 1 saturated heterocycles. The van der Waals surface area contributed by atoms with Crippen molar-refractivity contribution in [2.24, 2.45) is 0 Å². The average molecular weight is 345 g/mol. The Labute approximate surface area is 146 Å². The van der Waals surface area contributed by atoms with E-state index in [0.29, 0.717) is 12.3 Å². The smallest absolute Gasteiger partial charge is 0.243 e. The van der Waals surface area contributed by atoms with Gasteiger partial charge in [-0.1, -0.05) is 18.2 Å². The van der Waals surface area contributed by atoms with Crippen LogP contribution in [-0.4, -0.2) is 39.9 Å². The van der Waals surface area contributed by atoms with Gasteiger partial charge in [0.15, 0.2) is 0 Å². The van der Waals surface area contributed by atoms with Crippen LogP contribution in [0, 0.1) is 6.92 Å². The van der Waals surface area contributed by atoms with Crippen molar-refractivity contribution >= 4 is 34.5 Å². The molecule has 1 aromatic carbocycles. The van der Waals surface area contributed by atoms with Gasteiger partial charge in [0.05, 0.1) is 4.75 Å². The van der Waals surface area contributed by atoms with Crippen LogP contribution in [0.3, 0.4) is 0 Å². The summed E-state index contributed by atoms with van der Waals surface area (Å²) in [5, 5.41) is 6.95. The van der Waals surface area contributed by atoms with Crippen molar-refractivity contribution in [2.45, 2.75) is 38.0 Å². The highest BCUT2D eigenvalue weighted by Crippen LogP contribution is 2.29. The Morgan fingerprint density at radius 1 is 1.42 bits per heavy atom. The van der Waals surface area contributed by atoms with Gasteiger partial charge in [0.2, 0.25) is 11.8 Å². The number of nitrogens with one attached hydrogen (secondary N) is 3. The normalized spacial score (nSPS) is 20.0. The molecule has 1 aliphatic heterocycles. The molecule has 0 aliphatic carbocycles. The number of rotatable bonds is 4. The molecule has 24 heavy (non-hydrogen) atoms. The van der Waals surface area contributed by atoms with Crippen molar-refractivity contribution in [3.63, 3.8) is 0 Å². The highest BCUT2D eigenvalue weighted by atomic mass is 32.2. The van der Waals surface area contributed by atoms with E-state index in [-0.39, 0.29) is 11.8 Å². The van der Waals surface area contributed by atoms with Crippen molar-refractivity contribution in [2.75, 3.05) is 12.3 Å². The number of benzene rings is 1. The largest absolute Gasteiger partial charge is 0.361 e. The van der Waals surface area contributed by atoms with E-state index in [1.165, 1.54) is 28.3 Å². The standard InChI is InChI=1S/C18H23N3O2S/c1-11-5-4-6-13-12(9-20-15(11)13)7-8-19-16(22)14-10-24-18(2,3)17(23)21-14/h4-6,9,14,20H,7-8,10H2,1-3H3,(H,19,22)(H,21,23)/t14-/m0/s1. The van der Waals surface area contributed by atoms with Crippen molar-refractivity contribution in [3.8, 4) is 0 Å². The van der Waals surface area contributed by atoms with E-state index in [1.54, 1.807) is 0 Å². The predicted octanol–water partition coefficient (Wildman–Crippen LogP) is 2.15. The number of aromatic nitrogens is 1. The van der Waals surface area contributed by atoms with Crippen LogP contribution in [-0.2, 0) is 16.0 Å². The van der Waals surface area contributed by atoms with Crippen LogP contribution in [0.5, 0.6) is 0 Å². The fourth-order valence-corrected chi connectivity index (χ4v) is 3.89. The summed E-state index contributed by atoms with van der Waals surface area (Å²) >= 11 is 1.52. The molecule has 0 unspecified atom stereocenters. The second kappa shape index (κ2) is 6.51. The zero-order valence-electron chi connectivity index (χ0n) is 14.2. The second-order valence-electron chi connectivity index (χ2n) is 6.70. The molecule has 1 atom stereocenters. The van der Waals surface area contributed by atoms with Crippen molar-refractivity contribution in [1.82, 2.24) is 15.6 Å². The lowest BCUT2D eigenvalue weighted by molar-refractivity contribution is -0.129. The first-order valence-electron chi connectivity index (χ1n) is 8.17. The summed E-state index contributed by atoms with van der Waals surface area (Å²) in [6, 6.07) is 5.77. The van der Waals surface area contributed by atoms with Crippen LogP contribution in [0.2, 0.25) is 0 Å². The van der Waals surface area contributed by atoms with E-state index in [4.69, 9.17) is 0 Å². The highest BCUT2D eigenvalue weighted by Gasteiger charge is 2.37. The molecular weight excluding hydrogens is 322 g/mol. The van der Waals surface area contributed by atoms with Gasteiger partial charge in [0, 0.05) is 29.4 Å². The SMILES string of the molecule is Cc1cccc2c(CCNC(=O)[C@@H]3CSC(C)(C)C(=O)N3)c[nH]c12. The number of aromatic amines is 1. The fraction of sp³-hybridized carbons (Fsp3) is 0.444. The Bertz CT molecular complexity index is 782. The molecule has 128 valence electrons. The number of hydrogen-bond acceptors (Lipinski definition) is 3. The summed E-state index contributed by atoms with van der Waals surface area (Å²) in [4.78, 5) is 27.5. The van der Waals surface area contributed by atoms with Gasteiger partial charge in [-0.15, -0.1) is 11.8 Å². The molecule has 2 amide bonds. The average Bonchev–Trinajstić information content (AvgIpc) is 2.95. The Morgan fingerprint density at radius 2 is 2.21 bits per heavy atom. The summed E-state index contributed by atoms with van der Waals surface area (Å²) in [6.07, 6.45) is 2.76. The monoisotopic (exact) mass is 345 g/mol. The number of amides is 2. The van der Waals surface area contributed by atoms with Crippen LogP contribution in [0.1, 0.15) is 25.0 Å². The Balaban J connectivity index is 1.55. The second-order valence-corrected chi connectivity index (χ2v) is 8.34. The van der Waals surface area contributed by atoms with Gasteiger partial charge >= 0.3 is 0 Å². The molecule has 3 rings (SSSR count). The van der Waals surface area contributed by atoms with Gasteiger partial charge < -0.3 is 15.6 Å². The third-order valence-electron chi connectivity index (χ3n) is 4.48. The Hall–Kier alpha value is -1.95. The molecule has 1 aliphatic rings. The zero-order valence-corrected chi connectivity index (χ0v) is 15.0. The van der Waals surface area contributed by atoms with Gasteiger partial charge in [-0.3, -0.25) is 9.59 Å². The van der Waals surface area contributed by atoms with E-state index < -0.39 is 10.8 Å². The van der Waals surface area contributed by atoms with Crippen LogP contribution in [0.25, 0.3) is 10.9 Å². The van der Waals surface area contributed by atoms with Crippen molar-refractivity contribution in [1.29, 1.82) is 0 Å². The van der Waals surface area contributed by atoms with E-state index in [0.717, 1.165) is 11.9 Å². The summed E-state index contributed by atoms with van der Waals surface area (Å²) in [5.74, 6) is 0.421. The molecule has 1 aromatic heterocycles. The maximum atomic E-state index is 12.3. The summed E-state index contributed by atoms with van der Waals surface area (Å²) in [5.41, 5.74) is 3.56. The van der Waals surface area contributed by atoms with Crippen molar-refractivity contribution in [3.05, 3.63) is 35.5 Å².